The van der Waals surface area contributed by atoms with Gasteiger partial charge in [0.25, 0.3) is 0 Å². The molecule has 1 aromatic carbocycles. The topological polar surface area (TPSA) is 76.7 Å². The highest BCUT2D eigenvalue weighted by Crippen LogP contribution is 2.26. The molecule has 1 atom stereocenters. The van der Waals surface area contributed by atoms with Gasteiger partial charge in [-0.1, -0.05) is 18.2 Å². The highest BCUT2D eigenvalue weighted by Gasteiger charge is 2.15. The molecule has 0 aliphatic carbocycles. The number of fused-ring (bicyclic) bond motifs is 1. The maximum Gasteiger partial charge on any atom is 0.115 e. The molecule has 0 aliphatic heterocycles. The Kier molecular flexibility index (Phi) is 3.14. The molecule has 0 saturated carbocycles. The molecule has 1 unspecified atom stereocenters. The van der Waals surface area contributed by atoms with E-state index in [9.17, 15) is 0 Å². The summed E-state index contributed by atoms with van der Waals surface area (Å²) in [5.41, 5.74) is 5.74. The van der Waals surface area contributed by atoms with Crippen molar-refractivity contribution in [2.45, 2.75) is 6.04 Å². The summed E-state index contributed by atoms with van der Waals surface area (Å²) < 4.78 is 0. The van der Waals surface area contributed by atoms with Crippen LogP contribution in [0.2, 0.25) is 0 Å². The predicted octanol–water partition coefficient (Wildman–Crippen LogP) is 1.58. The largest absolute Gasteiger partial charge is 0.271 e. The molecule has 0 aliphatic rings. The Labute approximate surface area is 110 Å². The van der Waals surface area contributed by atoms with Crippen LogP contribution in [0.15, 0.2) is 55.2 Å². The first kappa shape index (κ1) is 11.7. The van der Waals surface area contributed by atoms with Crippen LogP contribution in [0.3, 0.4) is 0 Å². The molecule has 0 bridgehead atoms. The maximum atomic E-state index is 5.70. The predicted molar refractivity (Wildman–Crippen MR) is 72.9 cm³/mol. The van der Waals surface area contributed by atoms with Gasteiger partial charge in [0.1, 0.15) is 6.33 Å². The van der Waals surface area contributed by atoms with Crippen molar-refractivity contribution >= 4 is 10.9 Å². The van der Waals surface area contributed by atoms with Crippen molar-refractivity contribution in [3.05, 3.63) is 66.4 Å². The van der Waals surface area contributed by atoms with E-state index in [0.717, 1.165) is 22.0 Å². The van der Waals surface area contributed by atoms with E-state index < -0.39 is 0 Å². The molecule has 0 spiro atoms. The zero-order valence-electron chi connectivity index (χ0n) is 10.2. The van der Waals surface area contributed by atoms with Gasteiger partial charge in [-0.25, -0.2) is 15.4 Å². The maximum absolute atomic E-state index is 5.70. The molecule has 2 heterocycles. The summed E-state index contributed by atoms with van der Waals surface area (Å²) in [4.78, 5) is 12.4. The van der Waals surface area contributed by atoms with Crippen LogP contribution in [0, 0.1) is 0 Å². The zero-order chi connectivity index (χ0) is 13.1. The minimum atomic E-state index is -0.158. The van der Waals surface area contributed by atoms with Crippen LogP contribution in [0.1, 0.15) is 17.2 Å². The number of nitrogens with two attached hydrogens (primary N) is 1. The average Bonchev–Trinajstić information content (AvgIpc) is 2.49. The van der Waals surface area contributed by atoms with Gasteiger partial charge in [0.05, 0.1) is 11.6 Å². The first-order valence-electron chi connectivity index (χ1n) is 5.95. The van der Waals surface area contributed by atoms with Crippen LogP contribution in [0.4, 0.5) is 0 Å². The molecule has 5 heteroatoms. The molecule has 94 valence electrons. The van der Waals surface area contributed by atoms with E-state index in [4.69, 9.17) is 5.84 Å². The third-order valence-electron chi connectivity index (χ3n) is 3.07. The summed E-state index contributed by atoms with van der Waals surface area (Å²) in [5.74, 6) is 5.70. The third-order valence-corrected chi connectivity index (χ3v) is 3.07. The third kappa shape index (κ3) is 2.16. The van der Waals surface area contributed by atoms with Gasteiger partial charge in [0, 0.05) is 29.5 Å². The number of hydrazine groups is 1. The molecule has 3 aromatic rings. The summed E-state index contributed by atoms with van der Waals surface area (Å²) in [6.07, 6.45) is 6.80. The van der Waals surface area contributed by atoms with Crippen molar-refractivity contribution in [3.8, 4) is 0 Å². The van der Waals surface area contributed by atoms with E-state index >= 15 is 0 Å². The van der Waals surface area contributed by atoms with Crippen molar-refractivity contribution in [1.29, 1.82) is 0 Å². The van der Waals surface area contributed by atoms with Gasteiger partial charge in [-0.15, -0.1) is 0 Å². The van der Waals surface area contributed by atoms with Crippen LogP contribution in [0.5, 0.6) is 0 Å². The van der Waals surface area contributed by atoms with Gasteiger partial charge < -0.3 is 0 Å². The molecular formula is C14H13N5. The van der Waals surface area contributed by atoms with Gasteiger partial charge in [0.15, 0.2) is 0 Å². The molecule has 3 N–H and O–H groups in total. The fourth-order valence-corrected chi connectivity index (χ4v) is 2.19. The van der Waals surface area contributed by atoms with Gasteiger partial charge in [-0.2, -0.15) is 0 Å². The number of pyridine rings is 1. The Balaban J connectivity index is 2.17. The molecular weight excluding hydrogens is 238 g/mol. The van der Waals surface area contributed by atoms with Crippen molar-refractivity contribution in [1.82, 2.24) is 20.4 Å². The van der Waals surface area contributed by atoms with E-state index in [-0.39, 0.29) is 6.04 Å². The minimum Gasteiger partial charge on any atom is -0.271 e. The first-order valence-corrected chi connectivity index (χ1v) is 5.95. The van der Waals surface area contributed by atoms with Crippen molar-refractivity contribution in [2.75, 3.05) is 0 Å². The molecule has 5 nitrogen and oxygen atoms in total. The van der Waals surface area contributed by atoms with Gasteiger partial charge in [-0.05, 0) is 17.7 Å². The van der Waals surface area contributed by atoms with E-state index in [2.05, 4.69) is 20.4 Å². The SMILES string of the molecule is NNC(c1cncnc1)c1ccnc2ccccc12. The highest BCUT2D eigenvalue weighted by molar-refractivity contribution is 5.82. The fourth-order valence-electron chi connectivity index (χ4n) is 2.19. The molecule has 0 saturated heterocycles. The van der Waals surface area contributed by atoms with Crippen molar-refractivity contribution in [3.63, 3.8) is 0 Å². The Morgan fingerprint density at radius 2 is 1.84 bits per heavy atom. The number of para-hydroxylation sites is 1. The lowest BCUT2D eigenvalue weighted by Crippen LogP contribution is -2.29. The standard InChI is InChI=1S/C14H13N5/c15-19-14(10-7-16-9-17-8-10)12-5-6-18-13-4-2-1-3-11(12)13/h1-9,14,19H,15H2. The summed E-state index contributed by atoms with van der Waals surface area (Å²) in [6.45, 7) is 0. The van der Waals surface area contributed by atoms with Gasteiger partial charge in [-0.3, -0.25) is 10.8 Å². The number of hydrogen-bond acceptors (Lipinski definition) is 5. The smallest absolute Gasteiger partial charge is 0.115 e. The first-order chi connectivity index (χ1) is 9.40. The Morgan fingerprint density at radius 1 is 1.05 bits per heavy atom. The molecule has 0 fully saturated rings. The molecule has 2 aromatic heterocycles. The van der Waals surface area contributed by atoms with Crippen LogP contribution in [0.25, 0.3) is 10.9 Å². The lowest BCUT2D eigenvalue weighted by Gasteiger charge is -2.17. The van der Waals surface area contributed by atoms with E-state index in [1.54, 1.807) is 18.6 Å². The molecule has 0 radical (unpaired) electrons. The summed E-state index contributed by atoms with van der Waals surface area (Å²) >= 11 is 0. The monoisotopic (exact) mass is 251 g/mol. The van der Waals surface area contributed by atoms with Gasteiger partial charge in [0.2, 0.25) is 0 Å². The highest BCUT2D eigenvalue weighted by atomic mass is 15.2. The number of benzene rings is 1. The number of nitrogens with zero attached hydrogens (tertiary/aromatic N) is 3. The van der Waals surface area contributed by atoms with Crippen LogP contribution >= 0.6 is 0 Å². The molecule has 3 rings (SSSR count). The average molecular weight is 251 g/mol. The lowest BCUT2D eigenvalue weighted by molar-refractivity contribution is 0.635. The number of rotatable bonds is 3. The van der Waals surface area contributed by atoms with Crippen LogP contribution in [-0.2, 0) is 0 Å². The Hall–Kier alpha value is -2.37. The Morgan fingerprint density at radius 3 is 2.63 bits per heavy atom. The summed E-state index contributed by atoms with van der Waals surface area (Å²) in [7, 11) is 0. The second-order valence-corrected chi connectivity index (χ2v) is 4.19. The quantitative estimate of drug-likeness (QED) is 0.546. The normalized spacial score (nSPS) is 12.5. The zero-order valence-corrected chi connectivity index (χ0v) is 10.2. The van der Waals surface area contributed by atoms with Gasteiger partial charge >= 0.3 is 0 Å². The summed E-state index contributed by atoms with van der Waals surface area (Å²) in [6, 6.07) is 9.77. The van der Waals surface area contributed by atoms with E-state index in [0.29, 0.717) is 0 Å². The number of hydrogen-bond donors (Lipinski definition) is 2. The van der Waals surface area contributed by atoms with E-state index in [1.807, 2.05) is 30.3 Å². The van der Waals surface area contributed by atoms with E-state index in [1.165, 1.54) is 6.33 Å². The molecule has 19 heavy (non-hydrogen) atoms. The fraction of sp³-hybridized carbons (Fsp3) is 0.0714. The summed E-state index contributed by atoms with van der Waals surface area (Å²) in [5, 5.41) is 1.07. The molecule has 0 amide bonds. The van der Waals surface area contributed by atoms with Crippen LogP contribution in [-0.4, -0.2) is 15.0 Å². The second-order valence-electron chi connectivity index (χ2n) is 4.19. The second kappa shape index (κ2) is 5.09. The number of aromatic nitrogens is 3. The van der Waals surface area contributed by atoms with Crippen LogP contribution < -0.4 is 11.3 Å². The van der Waals surface area contributed by atoms with Crippen molar-refractivity contribution < 1.29 is 0 Å². The Bertz CT molecular complexity index is 678. The number of nitrogens with one attached hydrogen (secondary N) is 1. The minimum absolute atomic E-state index is 0.158. The lowest BCUT2D eigenvalue weighted by atomic mass is 9.98. The van der Waals surface area contributed by atoms with Crippen molar-refractivity contribution in [2.24, 2.45) is 5.84 Å².